The Morgan fingerprint density at radius 1 is 0.864 bits per heavy atom. The van der Waals surface area contributed by atoms with Gasteiger partial charge in [0.25, 0.3) is 5.91 Å². The van der Waals surface area contributed by atoms with Crippen molar-refractivity contribution in [2.24, 2.45) is 0 Å². The van der Waals surface area contributed by atoms with E-state index >= 15 is 0 Å². The van der Waals surface area contributed by atoms with Gasteiger partial charge in [0, 0.05) is 18.7 Å². The molecule has 2 amide bonds. The molecule has 3 rings (SSSR count). The van der Waals surface area contributed by atoms with Crippen LogP contribution in [0.3, 0.4) is 0 Å². The zero-order chi connectivity index (χ0) is 31.4. The van der Waals surface area contributed by atoms with Gasteiger partial charge in [0.05, 0.1) is 13.0 Å². The number of hydrogen-bond donors (Lipinski definition) is 2. The van der Waals surface area contributed by atoms with Crippen molar-refractivity contribution in [2.45, 2.75) is 83.6 Å². The van der Waals surface area contributed by atoms with Crippen molar-refractivity contribution in [3.8, 4) is 11.5 Å². The fraction of sp³-hybridized carbons (Fsp3) is 0.529. The van der Waals surface area contributed by atoms with Crippen LogP contribution in [0, 0.1) is 0 Å². The summed E-state index contributed by atoms with van der Waals surface area (Å²) in [7, 11) is 0. The molecule has 2 aromatic carbocycles. The second kappa shape index (κ2) is 20.3. The smallest absolute Gasteiger partial charge is 0.308 e. The highest BCUT2D eigenvalue weighted by atomic mass is 32.1. The van der Waals surface area contributed by atoms with Gasteiger partial charge in [-0.2, -0.15) is 0 Å². The lowest BCUT2D eigenvalue weighted by Gasteiger charge is -2.36. The first-order valence-corrected chi connectivity index (χ1v) is 16.3. The molecule has 0 saturated carbocycles. The van der Waals surface area contributed by atoms with Crippen molar-refractivity contribution in [2.75, 3.05) is 32.9 Å². The topological polar surface area (TPSA) is 106 Å². The first-order chi connectivity index (χ1) is 21.5. The number of unbranched alkanes of at least 4 members (excludes halogenated alkanes) is 9. The molecule has 0 radical (unpaired) electrons. The van der Waals surface area contributed by atoms with E-state index in [1.165, 1.54) is 44.9 Å². The summed E-state index contributed by atoms with van der Waals surface area (Å²) >= 11 is 5.50. The number of amides is 2. The molecule has 1 aliphatic rings. The number of benzene rings is 2. The third kappa shape index (κ3) is 12.9. The summed E-state index contributed by atoms with van der Waals surface area (Å²) in [6.45, 7) is 3.94. The second-order valence-corrected chi connectivity index (χ2v) is 11.3. The van der Waals surface area contributed by atoms with Crippen LogP contribution in [-0.2, 0) is 14.3 Å². The molecule has 2 aromatic rings. The van der Waals surface area contributed by atoms with Gasteiger partial charge in [-0.05, 0) is 49.0 Å². The molecule has 0 bridgehead atoms. The van der Waals surface area contributed by atoms with Crippen LogP contribution in [0.4, 0.5) is 0 Å². The van der Waals surface area contributed by atoms with E-state index in [4.69, 9.17) is 26.4 Å². The normalized spacial score (nSPS) is 14.4. The van der Waals surface area contributed by atoms with Crippen LogP contribution in [0.1, 0.15) is 87.9 Å². The third-order valence-corrected chi connectivity index (χ3v) is 7.73. The van der Waals surface area contributed by atoms with Crippen LogP contribution in [0.15, 0.2) is 54.6 Å². The van der Waals surface area contributed by atoms with Crippen molar-refractivity contribution < 1.29 is 28.6 Å². The van der Waals surface area contributed by atoms with E-state index in [0.29, 0.717) is 44.2 Å². The molecular formula is C34H47N3O6S. The Morgan fingerprint density at radius 3 is 2.20 bits per heavy atom. The van der Waals surface area contributed by atoms with Gasteiger partial charge in [0.1, 0.15) is 30.8 Å². The molecule has 240 valence electrons. The average molecular weight is 626 g/mol. The molecule has 44 heavy (non-hydrogen) atoms. The van der Waals surface area contributed by atoms with Crippen LogP contribution < -0.4 is 20.1 Å². The SMILES string of the molecule is CCCCCCCCCCCCOC(=O)CC1C(=O)NCCN1C(=S)NC(=O)c1cccc(OCCOc2ccccc2)c1. The van der Waals surface area contributed by atoms with Gasteiger partial charge >= 0.3 is 5.97 Å². The van der Waals surface area contributed by atoms with Crippen LogP contribution in [0.5, 0.6) is 11.5 Å². The van der Waals surface area contributed by atoms with Crippen molar-refractivity contribution in [3.05, 3.63) is 60.2 Å². The maximum Gasteiger partial charge on any atom is 0.308 e. The van der Waals surface area contributed by atoms with Crippen LogP contribution >= 0.6 is 12.2 Å². The molecule has 0 spiro atoms. The summed E-state index contributed by atoms with van der Waals surface area (Å²) in [5.74, 6) is 0.0553. The predicted molar refractivity (Wildman–Crippen MR) is 175 cm³/mol. The number of rotatable bonds is 19. The molecule has 9 nitrogen and oxygen atoms in total. The number of nitrogens with one attached hydrogen (secondary N) is 2. The standard InChI is InChI=1S/C34H47N3O6S/c1-2-3-4-5-6-7-8-9-10-14-22-43-31(38)26-30-33(40)35-20-21-37(30)34(44)36-32(39)27-16-15-19-29(25-27)42-24-23-41-28-17-12-11-13-18-28/h11-13,15-19,25,30H,2-10,14,20-24,26H2,1H3,(H,35,40)(H,36,39,44). The number of thiocarbonyl (C=S) groups is 1. The van der Waals surface area contributed by atoms with Crippen LogP contribution in [0.2, 0.25) is 0 Å². The first kappa shape index (κ1) is 34.8. The van der Waals surface area contributed by atoms with E-state index in [1.807, 2.05) is 30.3 Å². The van der Waals surface area contributed by atoms with E-state index in [2.05, 4.69) is 17.6 Å². The minimum absolute atomic E-state index is 0.0833. The van der Waals surface area contributed by atoms with E-state index in [9.17, 15) is 14.4 Å². The van der Waals surface area contributed by atoms with Crippen LogP contribution in [-0.4, -0.2) is 66.7 Å². The molecule has 2 N–H and O–H groups in total. The lowest BCUT2D eigenvalue weighted by atomic mass is 10.1. The molecular weight excluding hydrogens is 578 g/mol. The van der Waals surface area contributed by atoms with Crippen molar-refractivity contribution in [3.63, 3.8) is 0 Å². The van der Waals surface area contributed by atoms with Gasteiger partial charge in [-0.1, -0.05) is 89.0 Å². The minimum Gasteiger partial charge on any atom is -0.490 e. The largest absolute Gasteiger partial charge is 0.490 e. The highest BCUT2D eigenvalue weighted by molar-refractivity contribution is 7.80. The van der Waals surface area contributed by atoms with Crippen LogP contribution in [0.25, 0.3) is 0 Å². The summed E-state index contributed by atoms with van der Waals surface area (Å²) in [5, 5.41) is 5.56. The van der Waals surface area contributed by atoms with E-state index < -0.39 is 17.9 Å². The highest BCUT2D eigenvalue weighted by Gasteiger charge is 2.34. The average Bonchev–Trinajstić information content (AvgIpc) is 3.03. The number of piperazine rings is 1. The maximum absolute atomic E-state index is 13.0. The van der Waals surface area contributed by atoms with E-state index in [-0.39, 0.29) is 17.4 Å². The van der Waals surface area contributed by atoms with E-state index in [0.717, 1.165) is 25.0 Å². The maximum atomic E-state index is 13.0. The van der Waals surface area contributed by atoms with Gasteiger partial charge in [-0.25, -0.2) is 0 Å². The molecule has 0 aliphatic carbocycles. The van der Waals surface area contributed by atoms with Gasteiger partial charge < -0.3 is 24.4 Å². The number of nitrogens with zero attached hydrogens (tertiary/aromatic N) is 1. The Bertz CT molecular complexity index is 1180. The second-order valence-electron chi connectivity index (χ2n) is 10.9. The number of para-hydroxylation sites is 1. The molecule has 10 heteroatoms. The van der Waals surface area contributed by atoms with Crippen molar-refractivity contribution in [1.82, 2.24) is 15.5 Å². The Hall–Kier alpha value is -3.66. The molecule has 1 aliphatic heterocycles. The summed E-state index contributed by atoms with van der Waals surface area (Å²) in [5.41, 5.74) is 0.350. The Balaban J connectivity index is 1.38. The van der Waals surface area contributed by atoms with Crippen molar-refractivity contribution >= 4 is 35.1 Å². The highest BCUT2D eigenvalue weighted by Crippen LogP contribution is 2.16. The fourth-order valence-corrected chi connectivity index (χ4v) is 5.27. The third-order valence-electron chi connectivity index (χ3n) is 7.39. The van der Waals surface area contributed by atoms with Gasteiger partial charge in [-0.15, -0.1) is 0 Å². The summed E-state index contributed by atoms with van der Waals surface area (Å²) in [6.07, 6.45) is 11.8. The minimum atomic E-state index is -0.851. The number of ether oxygens (including phenoxy) is 3. The van der Waals surface area contributed by atoms with Gasteiger partial charge in [-0.3, -0.25) is 19.7 Å². The zero-order valence-corrected chi connectivity index (χ0v) is 26.7. The summed E-state index contributed by atoms with van der Waals surface area (Å²) in [4.78, 5) is 39.8. The summed E-state index contributed by atoms with van der Waals surface area (Å²) in [6, 6.07) is 15.3. The quantitative estimate of drug-likeness (QED) is 0.114. The number of hydrogen-bond acceptors (Lipinski definition) is 7. The van der Waals surface area contributed by atoms with Crippen molar-refractivity contribution in [1.29, 1.82) is 0 Å². The Kier molecular flexibility index (Phi) is 16.1. The van der Waals surface area contributed by atoms with Gasteiger partial charge in [0.15, 0.2) is 5.11 Å². The number of esters is 1. The zero-order valence-electron chi connectivity index (χ0n) is 25.9. The summed E-state index contributed by atoms with van der Waals surface area (Å²) < 4.78 is 16.8. The predicted octanol–water partition coefficient (Wildman–Crippen LogP) is 5.81. The molecule has 0 aromatic heterocycles. The lowest BCUT2D eigenvalue weighted by Crippen LogP contribution is -2.60. The molecule has 1 fully saturated rings. The molecule has 1 heterocycles. The van der Waals surface area contributed by atoms with E-state index in [1.54, 1.807) is 29.2 Å². The number of carbonyl (C=O) groups is 3. The lowest BCUT2D eigenvalue weighted by molar-refractivity contribution is -0.147. The molecule has 1 atom stereocenters. The fourth-order valence-electron chi connectivity index (χ4n) is 4.96. The monoisotopic (exact) mass is 625 g/mol. The van der Waals surface area contributed by atoms with Gasteiger partial charge in [0.2, 0.25) is 5.91 Å². The Morgan fingerprint density at radius 2 is 1.50 bits per heavy atom. The Labute approximate surface area is 267 Å². The molecule has 1 saturated heterocycles. The molecule has 1 unspecified atom stereocenters. The first-order valence-electron chi connectivity index (χ1n) is 15.9. The number of carbonyl (C=O) groups excluding carboxylic acids is 3.